The second-order valence-corrected chi connectivity index (χ2v) is 11.2. The molecule has 3 rings (SSSR count). The monoisotopic (exact) mass is 587 g/mol. The van der Waals surface area contributed by atoms with E-state index < -0.39 is 0 Å². The number of aromatic nitrogens is 1. The highest BCUT2D eigenvalue weighted by Crippen LogP contribution is 2.39. The SMILES string of the molecule is CCCCC(OCCC)c1cccc(-c2csc(CC(=O)c3cc(Cl)c(/C=C(\C)C(C)=O)c(Cl)c3)n2)c1OC. The van der Waals surface area contributed by atoms with Crippen LogP contribution in [0.4, 0.5) is 0 Å². The topological polar surface area (TPSA) is 65.5 Å². The summed E-state index contributed by atoms with van der Waals surface area (Å²) in [5.74, 6) is 0.529. The summed E-state index contributed by atoms with van der Waals surface area (Å²) < 4.78 is 12.1. The van der Waals surface area contributed by atoms with E-state index in [0.717, 1.165) is 48.3 Å². The standard InChI is InChI=1S/C31H35Cl2NO4S/c1-6-8-12-29(38-13-7-2)23-11-9-10-22(31(23)37-5)27-18-39-30(34-27)17-28(36)21-15-25(32)24(26(33)16-21)14-19(3)20(4)35/h9-11,14-16,18,29H,6-8,12-13,17H2,1-5H3/b19-14+. The highest BCUT2D eigenvalue weighted by atomic mass is 35.5. The number of ether oxygens (including phenoxy) is 2. The van der Waals surface area contributed by atoms with Gasteiger partial charge in [0.25, 0.3) is 0 Å². The Bertz CT molecular complexity index is 1320. The fraction of sp³-hybridized carbons (Fsp3) is 0.387. The molecule has 1 unspecified atom stereocenters. The first-order chi connectivity index (χ1) is 18.7. The van der Waals surface area contributed by atoms with E-state index in [1.165, 1.54) is 18.3 Å². The van der Waals surface area contributed by atoms with Crippen molar-refractivity contribution in [3.63, 3.8) is 0 Å². The van der Waals surface area contributed by atoms with E-state index >= 15 is 0 Å². The average molecular weight is 589 g/mol. The highest BCUT2D eigenvalue weighted by Gasteiger charge is 2.22. The number of unbranched alkanes of at least 4 members (excludes halogenated alkanes) is 1. The first kappa shape index (κ1) is 31.0. The molecule has 3 aromatic rings. The van der Waals surface area contributed by atoms with Gasteiger partial charge >= 0.3 is 0 Å². The van der Waals surface area contributed by atoms with E-state index in [4.69, 9.17) is 37.7 Å². The lowest BCUT2D eigenvalue weighted by Crippen LogP contribution is -2.08. The minimum atomic E-state index is -0.146. The van der Waals surface area contributed by atoms with Crippen LogP contribution in [-0.4, -0.2) is 30.3 Å². The molecule has 0 aliphatic heterocycles. The molecule has 0 aliphatic carbocycles. The Morgan fingerprint density at radius 2 is 1.82 bits per heavy atom. The molecule has 5 nitrogen and oxygen atoms in total. The summed E-state index contributed by atoms with van der Waals surface area (Å²) in [4.78, 5) is 29.5. The fourth-order valence-electron chi connectivity index (χ4n) is 4.17. The summed E-state index contributed by atoms with van der Waals surface area (Å²) in [7, 11) is 1.67. The van der Waals surface area contributed by atoms with E-state index in [2.05, 4.69) is 19.9 Å². The van der Waals surface area contributed by atoms with Gasteiger partial charge in [0.15, 0.2) is 11.6 Å². The molecule has 0 saturated heterocycles. The number of ketones is 2. The summed E-state index contributed by atoms with van der Waals surface area (Å²) >= 11 is 14.3. The van der Waals surface area contributed by atoms with Crippen molar-refractivity contribution in [2.75, 3.05) is 13.7 Å². The van der Waals surface area contributed by atoms with Crippen molar-refractivity contribution in [2.45, 2.75) is 65.9 Å². The van der Waals surface area contributed by atoms with Gasteiger partial charge in [-0.2, -0.15) is 0 Å². The van der Waals surface area contributed by atoms with Gasteiger partial charge in [0, 0.05) is 34.2 Å². The number of hydrogen-bond acceptors (Lipinski definition) is 6. The highest BCUT2D eigenvalue weighted by molar-refractivity contribution is 7.10. The van der Waals surface area contributed by atoms with Crippen LogP contribution in [0.2, 0.25) is 10.0 Å². The van der Waals surface area contributed by atoms with Crippen LogP contribution >= 0.6 is 34.5 Å². The van der Waals surface area contributed by atoms with Crippen molar-refractivity contribution in [1.82, 2.24) is 4.98 Å². The number of carbonyl (C=O) groups excluding carboxylic acids is 2. The lowest BCUT2D eigenvalue weighted by Gasteiger charge is -2.22. The molecule has 0 spiro atoms. The number of nitrogens with zero attached hydrogens (tertiary/aromatic N) is 1. The average Bonchev–Trinajstić information content (AvgIpc) is 3.38. The van der Waals surface area contributed by atoms with Crippen LogP contribution in [0, 0.1) is 0 Å². The zero-order chi connectivity index (χ0) is 28.5. The van der Waals surface area contributed by atoms with Gasteiger partial charge in [-0.15, -0.1) is 11.3 Å². The Labute approximate surface area is 245 Å². The molecule has 39 heavy (non-hydrogen) atoms. The first-order valence-corrected chi connectivity index (χ1v) is 14.8. The van der Waals surface area contributed by atoms with Crippen molar-refractivity contribution < 1.29 is 19.1 Å². The number of Topliss-reactive ketones (excluding diaryl/α,β-unsaturated/α-hetero) is 2. The van der Waals surface area contributed by atoms with E-state index in [9.17, 15) is 9.59 Å². The number of methoxy groups -OCH3 is 1. The molecule has 2 aromatic carbocycles. The van der Waals surface area contributed by atoms with Gasteiger partial charge in [-0.1, -0.05) is 62.0 Å². The van der Waals surface area contributed by atoms with Crippen molar-refractivity contribution in [3.8, 4) is 17.0 Å². The molecule has 8 heteroatoms. The molecule has 0 bridgehead atoms. The number of para-hydroxylation sites is 1. The number of hydrogen-bond donors (Lipinski definition) is 0. The predicted octanol–water partition coefficient (Wildman–Crippen LogP) is 9.20. The number of rotatable bonds is 14. The van der Waals surface area contributed by atoms with Gasteiger partial charge in [0.2, 0.25) is 0 Å². The Balaban J connectivity index is 1.86. The van der Waals surface area contributed by atoms with Gasteiger partial charge in [-0.05, 0) is 56.5 Å². The summed E-state index contributed by atoms with van der Waals surface area (Å²) in [5.41, 5.74) is 4.08. The summed E-state index contributed by atoms with van der Waals surface area (Å²) in [6.07, 6.45) is 5.71. The smallest absolute Gasteiger partial charge is 0.169 e. The lowest BCUT2D eigenvalue weighted by atomic mass is 9.98. The molecule has 1 heterocycles. The first-order valence-electron chi connectivity index (χ1n) is 13.1. The van der Waals surface area contributed by atoms with Crippen LogP contribution in [0.1, 0.15) is 86.0 Å². The zero-order valence-corrected chi connectivity index (χ0v) is 25.4. The molecule has 208 valence electrons. The zero-order valence-electron chi connectivity index (χ0n) is 23.1. The maximum atomic E-state index is 13.1. The predicted molar refractivity (Wildman–Crippen MR) is 161 cm³/mol. The van der Waals surface area contributed by atoms with Crippen molar-refractivity contribution in [2.24, 2.45) is 0 Å². The minimum absolute atomic E-state index is 0.0500. The number of carbonyl (C=O) groups is 2. The molecule has 0 N–H and O–H groups in total. The molecule has 0 amide bonds. The third-order valence-electron chi connectivity index (χ3n) is 6.40. The summed E-state index contributed by atoms with van der Waals surface area (Å²) in [6.45, 7) is 8.14. The van der Waals surface area contributed by atoms with Gasteiger partial charge in [0.05, 0.1) is 35.4 Å². The van der Waals surface area contributed by atoms with Gasteiger partial charge < -0.3 is 9.47 Å². The molecule has 1 atom stereocenters. The number of thiazole rings is 1. The van der Waals surface area contributed by atoms with Gasteiger partial charge in [-0.3, -0.25) is 9.59 Å². The number of allylic oxidation sites excluding steroid dienone is 1. The molecule has 0 fully saturated rings. The van der Waals surface area contributed by atoms with Crippen molar-refractivity contribution >= 4 is 52.2 Å². The van der Waals surface area contributed by atoms with Crippen LogP contribution in [0.3, 0.4) is 0 Å². The lowest BCUT2D eigenvalue weighted by molar-refractivity contribution is -0.113. The van der Waals surface area contributed by atoms with E-state index in [1.807, 2.05) is 17.5 Å². The number of halogens is 2. The second-order valence-electron chi connectivity index (χ2n) is 9.39. The van der Waals surface area contributed by atoms with E-state index in [1.54, 1.807) is 32.2 Å². The van der Waals surface area contributed by atoms with Crippen molar-refractivity contribution in [3.05, 3.63) is 73.0 Å². The maximum absolute atomic E-state index is 13.1. The summed E-state index contributed by atoms with van der Waals surface area (Å²) in [5, 5.41) is 3.25. The molecule has 0 radical (unpaired) electrons. The van der Waals surface area contributed by atoms with Crippen LogP contribution in [0.25, 0.3) is 17.3 Å². The largest absolute Gasteiger partial charge is 0.496 e. The van der Waals surface area contributed by atoms with Crippen LogP contribution in [0.5, 0.6) is 5.75 Å². The molecular weight excluding hydrogens is 553 g/mol. The Morgan fingerprint density at radius 1 is 1.10 bits per heavy atom. The van der Waals surface area contributed by atoms with Gasteiger partial charge in [-0.25, -0.2) is 4.98 Å². The Hall–Kier alpha value is -2.51. The normalized spacial score (nSPS) is 12.4. The van der Waals surface area contributed by atoms with Crippen LogP contribution in [0.15, 0.2) is 41.3 Å². The number of benzene rings is 2. The summed E-state index contributed by atoms with van der Waals surface area (Å²) in [6, 6.07) is 9.21. The minimum Gasteiger partial charge on any atom is -0.496 e. The van der Waals surface area contributed by atoms with E-state index in [-0.39, 0.29) is 24.1 Å². The van der Waals surface area contributed by atoms with Gasteiger partial charge in [0.1, 0.15) is 10.8 Å². The molecular formula is C31H35Cl2NO4S. The van der Waals surface area contributed by atoms with E-state index in [0.29, 0.717) is 38.4 Å². The molecule has 0 aliphatic rings. The molecule has 0 saturated carbocycles. The Kier molecular flexibility index (Phi) is 11.7. The quantitative estimate of drug-likeness (QED) is 0.139. The maximum Gasteiger partial charge on any atom is 0.169 e. The third kappa shape index (κ3) is 8.01. The molecule has 1 aromatic heterocycles. The van der Waals surface area contributed by atoms with Crippen LogP contribution in [-0.2, 0) is 16.0 Å². The Morgan fingerprint density at radius 3 is 2.44 bits per heavy atom. The van der Waals surface area contributed by atoms with Crippen LogP contribution < -0.4 is 4.74 Å². The third-order valence-corrected chi connectivity index (χ3v) is 7.87. The fourth-order valence-corrected chi connectivity index (χ4v) is 5.56. The van der Waals surface area contributed by atoms with Crippen molar-refractivity contribution in [1.29, 1.82) is 0 Å². The second kappa shape index (κ2) is 14.8.